The third kappa shape index (κ3) is 3.12. The summed E-state index contributed by atoms with van der Waals surface area (Å²) >= 11 is 0. The molecule has 0 radical (unpaired) electrons. The first kappa shape index (κ1) is 14.4. The van der Waals surface area contributed by atoms with Crippen molar-refractivity contribution in [1.29, 1.82) is 10.7 Å². The minimum atomic E-state index is -1.18. The van der Waals surface area contributed by atoms with Crippen LogP contribution in [0.5, 0.6) is 0 Å². The normalized spacial score (nSPS) is 11.6. The largest absolute Gasteiger partial charge is 0.453 e. The quantitative estimate of drug-likeness (QED) is 0.656. The van der Waals surface area contributed by atoms with Gasteiger partial charge in [0.2, 0.25) is 0 Å². The fraction of sp³-hybridized carbons (Fsp3) is 0.214. The second-order valence-electron chi connectivity index (χ2n) is 4.38. The number of ether oxygens (including phenoxy) is 1. The van der Waals surface area contributed by atoms with Gasteiger partial charge in [-0.2, -0.15) is 5.26 Å². The van der Waals surface area contributed by atoms with Crippen LogP contribution >= 0.6 is 0 Å². The molecule has 0 bridgehead atoms. The van der Waals surface area contributed by atoms with Crippen LogP contribution in [0.1, 0.15) is 17.4 Å². The van der Waals surface area contributed by atoms with Crippen LogP contribution in [-0.2, 0) is 9.53 Å². The highest BCUT2D eigenvalue weighted by Gasteiger charge is 2.22. The van der Waals surface area contributed by atoms with E-state index in [1.807, 2.05) is 0 Å². The van der Waals surface area contributed by atoms with Crippen LogP contribution in [0.4, 0.5) is 0 Å². The fourth-order valence-electron chi connectivity index (χ4n) is 1.74. The zero-order valence-electron chi connectivity index (χ0n) is 11.2. The summed E-state index contributed by atoms with van der Waals surface area (Å²) in [5, 5.41) is 16.1. The van der Waals surface area contributed by atoms with E-state index in [2.05, 4.69) is 4.98 Å². The molecule has 0 aliphatic rings. The molecule has 2 heterocycles. The molecule has 2 rings (SSSR count). The monoisotopic (exact) mass is 284 g/mol. The molecule has 0 amide bonds. The van der Waals surface area contributed by atoms with Crippen LogP contribution in [0, 0.1) is 22.7 Å². The van der Waals surface area contributed by atoms with Gasteiger partial charge in [0.1, 0.15) is 11.6 Å². The maximum absolute atomic E-state index is 11.8. The number of pyridine rings is 1. The Morgan fingerprint density at radius 2 is 2.29 bits per heavy atom. The average molecular weight is 284 g/mol. The predicted molar refractivity (Wildman–Crippen MR) is 73.0 cm³/mol. The molecule has 1 unspecified atom stereocenters. The average Bonchev–Trinajstić information content (AvgIpc) is 2.89. The van der Waals surface area contributed by atoms with Gasteiger partial charge in [0, 0.05) is 18.1 Å². The Kier molecular flexibility index (Phi) is 4.09. The van der Waals surface area contributed by atoms with Crippen molar-refractivity contribution in [1.82, 2.24) is 9.38 Å². The highest BCUT2D eigenvalue weighted by molar-refractivity contribution is 6.06. The molecule has 1 atom stereocenters. The van der Waals surface area contributed by atoms with E-state index in [1.54, 1.807) is 34.9 Å². The van der Waals surface area contributed by atoms with Crippen molar-refractivity contribution < 1.29 is 14.3 Å². The van der Waals surface area contributed by atoms with E-state index in [0.29, 0.717) is 5.65 Å². The summed E-state index contributed by atoms with van der Waals surface area (Å²) in [6.45, 7) is 0.802. The second kappa shape index (κ2) is 5.96. The van der Waals surface area contributed by atoms with Crippen LogP contribution in [0.3, 0.4) is 0 Å². The van der Waals surface area contributed by atoms with E-state index in [1.165, 1.54) is 13.1 Å². The maximum atomic E-state index is 11.8. The van der Waals surface area contributed by atoms with E-state index in [-0.39, 0.29) is 11.4 Å². The number of nitriles is 1. The van der Waals surface area contributed by atoms with Crippen LogP contribution in [0.25, 0.3) is 5.65 Å². The molecule has 0 fully saturated rings. The number of imidazole rings is 1. The molecule has 2 aromatic rings. The number of aromatic nitrogens is 2. The Morgan fingerprint density at radius 1 is 1.52 bits per heavy atom. The Balaban J connectivity index is 2.03. The van der Waals surface area contributed by atoms with Crippen LogP contribution < -0.4 is 0 Å². The smallest absolute Gasteiger partial charge is 0.359 e. The van der Waals surface area contributed by atoms with Crippen LogP contribution in [-0.4, -0.2) is 33.5 Å². The summed E-state index contributed by atoms with van der Waals surface area (Å²) < 4.78 is 6.49. The van der Waals surface area contributed by atoms with E-state index < -0.39 is 24.3 Å². The van der Waals surface area contributed by atoms with E-state index >= 15 is 0 Å². The second-order valence-corrected chi connectivity index (χ2v) is 4.38. The van der Waals surface area contributed by atoms with E-state index in [4.69, 9.17) is 15.4 Å². The van der Waals surface area contributed by atoms with Gasteiger partial charge in [-0.3, -0.25) is 4.79 Å². The van der Waals surface area contributed by atoms with E-state index in [0.717, 1.165) is 0 Å². The van der Waals surface area contributed by atoms with Crippen molar-refractivity contribution in [2.45, 2.75) is 6.92 Å². The lowest BCUT2D eigenvalue weighted by Gasteiger charge is -2.06. The summed E-state index contributed by atoms with van der Waals surface area (Å²) in [4.78, 5) is 27.5. The lowest BCUT2D eigenvalue weighted by molar-refractivity contribution is -0.122. The van der Waals surface area contributed by atoms with Crippen molar-refractivity contribution in [3.8, 4) is 6.07 Å². The Labute approximate surface area is 120 Å². The standard InChI is InChI=1S/C14H12N4O3/c1-9(16)10(6-15)12(19)8-21-14(20)11-7-18-5-3-2-4-13(18)17-11/h2-5,7,10,16H,8H2,1H3. The lowest BCUT2D eigenvalue weighted by Crippen LogP contribution is -2.25. The number of ketones is 1. The molecule has 0 aliphatic carbocycles. The number of rotatable bonds is 5. The minimum absolute atomic E-state index is 0.0775. The van der Waals surface area contributed by atoms with Crippen molar-refractivity contribution >= 4 is 23.1 Å². The van der Waals surface area contributed by atoms with E-state index in [9.17, 15) is 9.59 Å². The summed E-state index contributed by atoms with van der Waals surface area (Å²) in [6.07, 6.45) is 3.22. The molecule has 0 aliphatic heterocycles. The molecule has 0 spiro atoms. The van der Waals surface area contributed by atoms with Gasteiger partial charge < -0.3 is 14.5 Å². The third-order valence-corrected chi connectivity index (χ3v) is 2.80. The Bertz CT molecular complexity index is 724. The lowest BCUT2D eigenvalue weighted by atomic mass is 10.0. The minimum Gasteiger partial charge on any atom is -0.453 e. The van der Waals surface area contributed by atoms with Crippen molar-refractivity contribution in [3.05, 3.63) is 36.3 Å². The molecule has 0 saturated carbocycles. The topological polar surface area (TPSA) is 108 Å². The van der Waals surface area contributed by atoms with Gasteiger partial charge in [-0.05, 0) is 19.1 Å². The summed E-state index contributed by atoms with van der Waals surface area (Å²) in [7, 11) is 0. The first-order valence-electron chi connectivity index (χ1n) is 6.11. The van der Waals surface area contributed by atoms with Gasteiger partial charge in [0.05, 0.1) is 6.07 Å². The fourth-order valence-corrected chi connectivity index (χ4v) is 1.74. The summed E-state index contributed by atoms with van der Waals surface area (Å²) in [5.41, 5.74) is 0.585. The van der Waals surface area contributed by atoms with Gasteiger partial charge in [-0.25, -0.2) is 9.78 Å². The number of hydrogen-bond donors (Lipinski definition) is 1. The number of carbonyl (C=O) groups excluding carboxylic acids is 2. The number of carbonyl (C=O) groups is 2. The zero-order chi connectivity index (χ0) is 15.4. The molecular formula is C14H12N4O3. The Hall–Kier alpha value is -3.01. The molecule has 7 heteroatoms. The first-order chi connectivity index (χ1) is 10.0. The van der Waals surface area contributed by atoms with Crippen molar-refractivity contribution in [2.75, 3.05) is 6.61 Å². The number of esters is 1. The summed E-state index contributed by atoms with van der Waals surface area (Å²) in [5.74, 6) is -2.55. The molecule has 0 aromatic carbocycles. The maximum Gasteiger partial charge on any atom is 0.359 e. The number of Topliss-reactive ketones (excluding diaryl/α,β-unsaturated/α-hetero) is 1. The van der Waals surface area contributed by atoms with Gasteiger partial charge >= 0.3 is 5.97 Å². The number of nitrogens with zero attached hydrogens (tertiary/aromatic N) is 3. The molecule has 7 nitrogen and oxygen atoms in total. The molecule has 1 N–H and O–H groups in total. The van der Waals surface area contributed by atoms with Crippen molar-refractivity contribution in [3.63, 3.8) is 0 Å². The SMILES string of the molecule is CC(=N)C(C#N)C(=O)COC(=O)c1cn2ccccc2n1. The number of nitrogens with one attached hydrogen (secondary N) is 1. The zero-order valence-corrected chi connectivity index (χ0v) is 11.2. The van der Waals surface area contributed by atoms with Crippen molar-refractivity contribution in [2.24, 2.45) is 5.92 Å². The van der Waals surface area contributed by atoms with Crippen LogP contribution in [0.15, 0.2) is 30.6 Å². The molecule has 0 saturated heterocycles. The Morgan fingerprint density at radius 3 is 2.90 bits per heavy atom. The van der Waals surface area contributed by atoms with Gasteiger partial charge in [-0.15, -0.1) is 0 Å². The molecule has 21 heavy (non-hydrogen) atoms. The number of hydrogen-bond acceptors (Lipinski definition) is 6. The van der Waals surface area contributed by atoms with Crippen LogP contribution in [0.2, 0.25) is 0 Å². The highest BCUT2D eigenvalue weighted by Crippen LogP contribution is 2.07. The predicted octanol–water partition coefficient (Wildman–Crippen LogP) is 1.24. The van der Waals surface area contributed by atoms with Gasteiger partial charge in [0.15, 0.2) is 18.1 Å². The molecule has 2 aromatic heterocycles. The summed E-state index contributed by atoms with van der Waals surface area (Å²) in [6, 6.07) is 7.00. The van der Waals surface area contributed by atoms with Gasteiger partial charge in [-0.1, -0.05) is 6.07 Å². The highest BCUT2D eigenvalue weighted by atomic mass is 16.5. The molecular weight excluding hydrogens is 272 g/mol. The number of fused-ring (bicyclic) bond motifs is 1. The third-order valence-electron chi connectivity index (χ3n) is 2.80. The van der Waals surface area contributed by atoms with Gasteiger partial charge in [0.25, 0.3) is 0 Å². The molecule has 106 valence electrons. The first-order valence-corrected chi connectivity index (χ1v) is 6.11.